The molecule has 3 N–H and O–H groups in total. The van der Waals surface area contributed by atoms with Crippen LogP contribution >= 0.6 is 0 Å². The van der Waals surface area contributed by atoms with E-state index in [9.17, 15) is 5.11 Å². The molecule has 0 spiro atoms. The molecule has 4 aromatic rings. The average Bonchev–Trinajstić information content (AvgIpc) is 3.21. The highest BCUT2D eigenvalue weighted by molar-refractivity contribution is 5.84. The molecule has 0 aliphatic carbocycles. The highest BCUT2D eigenvalue weighted by atomic mass is 16.3. The normalized spacial score (nSPS) is 12.3. The minimum Gasteiger partial charge on any atom is -0.387 e. The summed E-state index contributed by atoms with van der Waals surface area (Å²) >= 11 is 0. The van der Waals surface area contributed by atoms with Crippen LogP contribution in [0.5, 0.6) is 0 Å². The Balaban J connectivity index is 1.59. The van der Waals surface area contributed by atoms with Crippen molar-refractivity contribution in [1.82, 2.24) is 19.5 Å². The van der Waals surface area contributed by atoms with Crippen molar-refractivity contribution in [2.45, 2.75) is 32.5 Å². The van der Waals surface area contributed by atoms with Crippen LogP contribution in [-0.2, 0) is 6.54 Å². The van der Waals surface area contributed by atoms with Gasteiger partial charge in [0, 0.05) is 19.1 Å². The van der Waals surface area contributed by atoms with Crippen LogP contribution in [0.25, 0.3) is 11.2 Å². The number of benzene rings is 2. The van der Waals surface area contributed by atoms with Crippen molar-refractivity contribution >= 4 is 22.9 Å². The van der Waals surface area contributed by atoms with Gasteiger partial charge in [-0.15, -0.1) is 0 Å². The van der Waals surface area contributed by atoms with Gasteiger partial charge >= 0.3 is 0 Å². The van der Waals surface area contributed by atoms with Crippen molar-refractivity contribution in [1.29, 1.82) is 0 Å². The first-order chi connectivity index (χ1) is 14.6. The molecule has 30 heavy (non-hydrogen) atoms. The lowest BCUT2D eigenvalue weighted by Gasteiger charge is -2.14. The molecule has 2 heterocycles. The number of aliphatic hydroxyl groups excluding tert-OH is 1. The van der Waals surface area contributed by atoms with E-state index in [4.69, 9.17) is 0 Å². The number of hydrogen-bond donors (Lipinski definition) is 3. The van der Waals surface area contributed by atoms with E-state index in [1.54, 1.807) is 6.33 Å². The van der Waals surface area contributed by atoms with Crippen molar-refractivity contribution in [2.24, 2.45) is 0 Å². The fraction of sp³-hybridized carbons (Fsp3) is 0.261. The maximum atomic E-state index is 10.5. The van der Waals surface area contributed by atoms with Gasteiger partial charge in [0.15, 0.2) is 17.0 Å². The fourth-order valence-electron chi connectivity index (χ4n) is 3.26. The average molecular weight is 403 g/mol. The molecule has 7 heteroatoms. The number of anilines is 2. The number of aromatic nitrogens is 4. The Morgan fingerprint density at radius 3 is 2.33 bits per heavy atom. The number of hydrogen-bond acceptors (Lipinski definition) is 6. The number of nitrogens with one attached hydrogen (secondary N) is 2. The Kier molecular flexibility index (Phi) is 5.90. The largest absolute Gasteiger partial charge is 0.387 e. The zero-order valence-corrected chi connectivity index (χ0v) is 17.2. The molecule has 2 aromatic carbocycles. The lowest BCUT2D eigenvalue weighted by molar-refractivity contribution is 0.191. The number of rotatable bonds is 8. The lowest BCUT2D eigenvalue weighted by atomic mass is 10.1. The Labute approximate surface area is 175 Å². The topological polar surface area (TPSA) is 87.9 Å². The van der Waals surface area contributed by atoms with Crippen LogP contribution in [-0.4, -0.2) is 31.2 Å². The number of aliphatic hydroxyl groups is 1. The maximum Gasteiger partial charge on any atom is 0.226 e. The van der Waals surface area contributed by atoms with Gasteiger partial charge in [0.05, 0.1) is 12.4 Å². The summed E-state index contributed by atoms with van der Waals surface area (Å²) in [5.74, 6) is 1.12. The standard InChI is InChI=1S/C23H26N6O/c1-16(2)29-15-26-20-21(24-13-17-9-5-3-6-10-17)27-23(28-22(20)29)25-14-19(30)18-11-7-4-8-12-18/h3-12,15-16,19,30H,13-14H2,1-2H3,(H2,24,25,27,28)/t19-/m0/s1. The smallest absolute Gasteiger partial charge is 0.226 e. The van der Waals surface area contributed by atoms with Gasteiger partial charge in [0.1, 0.15) is 0 Å². The van der Waals surface area contributed by atoms with Gasteiger partial charge in [-0.1, -0.05) is 60.7 Å². The zero-order chi connectivity index (χ0) is 20.9. The third-order valence-corrected chi connectivity index (χ3v) is 4.92. The van der Waals surface area contributed by atoms with Crippen molar-refractivity contribution in [3.05, 3.63) is 78.1 Å². The summed E-state index contributed by atoms with van der Waals surface area (Å²) in [6.07, 6.45) is 1.14. The van der Waals surface area contributed by atoms with E-state index in [1.807, 2.05) is 53.1 Å². The van der Waals surface area contributed by atoms with Crippen molar-refractivity contribution in [3.8, 4) is 0 Å². The van der Waals surface area contributed by atoms with Crippen LogP contribution in [0.4, 0.5) is 11.8 Å². The predicted octanol–water partition coefficient (Wildman–Crippen LogP) is 4.16. The van der Waals surface area contributed by atoms with Crippen molar-refractivity contribution in [2.75, 3.05) is 17.2 Å². The molecule has 7 nitrogen and oxygen atoms in total. The van der Waals surface area contributed by atoms with E-state index in [0.717, 1.165) is 22.3 Å². The third-order valence-electron chi connectivity index (χ3n) is 4.92. The van der Waals surface area contributed by atoms with Gasteiger partial charge < -0.3 is 20.3 Å². The molecular formula is C23H26N6O. The quantitative estimate of drug-likeness (QED) is 0.410. The molecule has 0 saturated heterocycles. The Bertz CT molecular complexity index is 1090. The molecule has 0 aliphatic rings. The minimum atomic E-state index is -0.652. The van der Waals surface area contributed by atoms with E-state index in [0.29, 0.717) is 24.9 Å². The first kappa shape index (κ1) is 19.8. The Morgan fingerprint density at radius 2 is 1.63 bits per heavy atom. The molecule has 0 fully saturated rings. The molecular weight excluding hydrogens is 376 g/mol. The number of nitrogens with zero attached hydrogens (tertiary/aromatic N) is 4. The SMILES string of the molecule is CC(C)n1cnc2c(NCc3ccccc3)nc(NC[C@H](O)c3ccccc3)nc21. The molecule has 154 valence electrons. The lowest BCUT2D eigenvalue weighted by Crippen LogP contribution is -2.15. The van der Waals surface area contributed by atoms with Crippen molar-refractivity contribution in [3.63, 3.8) is 0 Å². The fourth-order valence-corrected chi connectivity index (χ4v) is 3.26. The molecule has 1 atom stereocenters. The van der Waals surface area contributed by atoms with Crippen LogP contribution in [0.15, 0.2) is 67.0 Å². The molecule has 0 radical (unpaired) electrons. The van der Waals surface area contributed by atoms with Crippen molar-refractivity contribution < 1.29 is 5.11 Å². The van der Waals surface area contributed by atoms with E-state index in [2.05, 4.69) is 51.6 Å². The van der Waals surface area contributed by atoms with E-state index in [-0.39, 0.29) is 6.04 Å². The summed E-state index contributed by atoms with van der Waals surface area (Å²) in [4.78, 5) is 13.8. The molecule has 0 amide bonds. The van der Waals surface area contributed by atoms with E-state index >= 15 is 0 Å². The number of imidazole rings is 1. The second-order valence-electron chi connectivity index (χ2n) is 7.46. The molecule has 0 bridgehead atoms. The van der Waals surface area contributed by atoms with E-state index < -0.39 is 6.10 Å². The predicted molar refractivity (Wildman–Crippen MR) is 119 cm³/mol. The minimum absolute atomic E-state index is 0.217. The summed E-state index contributed by atoms with van der Waals surface area (Å²) in [5.41, 5.74) is 3.49. The third kappa shape index (κ3) is 4.41. The molecule has 4 rings (SSSR count). The molecule has 0 aliphatic heterocycles. The highest BCUT2D eigenvalue weighted by Crippen LogP contribution is 2.24. The van der Waals surface area contributed by atoms with E-state index in [1.165, 1.54) is 0 Å². The molecule has 2 aromatic heterocycles. The maximum absolute atomic E-state index is 10.5. The highest BCUT2D eigenvalue weighted by Gasteiger charge is 2.16. The zero-order valence-electron chi connectivity index (χ0n) is 17.2. The van der Waals surface area contributed by atoms with Crippen LogP contribution in [0, 0.1) is 0 Å². The second kappa shape index (κ2) is 8.92. The van der Waals surface area contributed by atoms with Gasteiger partial charge in [-0.2, -0.15) is 9.97 Å². The first-order valence-electron chi connectivity index (χ1n) is 10.1. The second-order valence-corrected chi connectivity index (χ2v) is 7.46. The summed E-state index contributed by atoms with van der Waals surface area (Å²) in [5, 5.41) is 17.0. The number of fused-ring (bicyclic) bond motifs is 1. The molecule has 0 saturated carbocycles. The summed E-state index contributed by atoms with van der Waals surface area (Å²) in [6.45, 7) is 5.12. The van der Waals surface area contributed by atoms with Crippen LogP contribution < -0.4 is 10.6 Å². The monoisotopic (exact) mass is 402 g/mol. The van der Waals surface area contributed by atoms with Crippen LogP contribution in [0.1, 0.15) is 37.1 Å². The Morgan fingerprint density at radius 1 is 0.933 bits per heavy atom. The van der Waals surface area contributed by atoms with Gasteiger partial charge in [0.2, 0.25) is 5.95 Å². The Hall–Kier alpha value is -3.45. The van der Waals surface area contributed by atoms with Crippen LogP contribution in [0.3, 0.4) is 0 Å². The first-order valence-corrected chi connectivity index (χ1v) is 10.1. The van der Waals surface area contributed by atoms with Gasteiger partial charge in [-0.25, -0.2) is 4.98 Å². The molecule has 0 unspecified atom stereocenters. The summed E-state index contributed by atoms with van der Waals surface area (Å²) in [7, 11) is 0. The van der Waals surface area contributed by atoms with Gasteiger partial charge in [-0.05, 0) is 25.0 Å². The van der Waals surface area contributed by atoms with Crippen LogP contribution in [0.2, 0.25) is 0 Å². The van der Waals surface area contributed by atoms with Gasteiger partial charge in [-0.3, -0.25) is 0 Å². The summed E-state index contributed by atoms with van der Waals surface area (Å²) in [6, 6.07) is 19.9. The van der Waals surface area contributed by atoms with Gasteiger partial charge in [0.25, 0.3) is 0 Å². The summed E-state index contributed by atoms with van der Waals surface area (Å²) < 4.78 is 2.02.